The van der Waals surface area contributed by atoms with Crippen LogP contribution in [0.5, 0.6) is 0 Å². The molecule has 0 rings (SSSR count). The maximum Gasteiger partial charge on any atom is 0.0707 e. The standard InChI is InChI=1S/C13H28O3/c1-5-6-7-8-14-9-10-15-11-12-16-13(2,3)4/h5-12H2,1-4H3. The summed E-state index contributed by atoms with van der Waals surface area (Å²) in [6.07, 6.45) is 3.65. The van der Waals surface area contributed by atoms with Crippen molar-refractivity contribution in [3.05, 3.63) is 0 Å². The van der Waals surface area contributed by atoms with E-state index >= 15 is 0 Å². The van der Waals surface area contributed by atoms with Gasteiger partial charge in [-0.2, -0.15) is 0 Å². The third-order valence-electron chi connectivity index (χ3n) is 2.03. The highest BCUT2D eigenvalue weighted by atomic mass is 16.5. The van der Waals surface area contributed by atoms with Gasteiger partial charge in [-0.25, -0.2) is 0 Å². The van der Waals surface area contributed by atoms with Gasteiger partial charge in [-0.05, 0) is 27.2 Å². The van der Waals surface area contributed by atoms with E-state index in [4.69, 9.17) is 14.2 Å². The normalized spacial score (nSPS) is 12.0. The first-order chi connectivity index (χ1) is 7.56. The average molecular weight is 232 g/mol. The predicted octanol–water partition coefficient (Wildman–Crippen LogP) is 3.02. The van der Waals surface area contributed by atoms with Gasteiger partial charge in [0.1, 0.15) is 0 Å². The van der Waals surface area contributed by atoms with Gasteiger partial charge < -0.3 is 14.2 Å². The molecule has 0 aliphatic carbocycles. The molecule has 0 atom stereocenters. The lowest BCUT2D eigenvalue weighted by Gasteiger charge is -2.19. The molecule has 3 nitrogen and oxygen atoms in total. The van der Waals surface area contributed by atoms with Gasteiger partial charge >= 0.3 is 0 Å². The molecule has 0 saturated carbocycles. The topological polar surface area (TPSA) is 27.7 Å². The van der Waals surface area contributed by atoms with Gasteiger partial charge in [-0.1, -0.05) is 19.8 Å². The molecule has 0 fully saturated rings. The Bertz CT molecular complexity index is 141. The second kappa shape index (κ2) is 10.1. The lowest BCUT2D eigenvalue weighted by Crippen LogP contribution is -2.22. The summed E-state index contributed by atoms with van der Waals surface area (Å²) in [5.74, 6) is 0. The van der Waals surface area contributed by atoms with Crippen LogP contribution < -0.4 is 0 Å². The molecule has 16 heavy (non-hydrogen) atoms. The molecule has 0 heterocycles. The molecule has 0 bridgehead atoms. The molecule has 0 saturated heterocycles. The van der Waals surface area contributed by atoms with Crippen molar-refractivity contribution in [2.45, 2.75) is 52.6 Å². The quantitative estimate of drug-likeness (QED) is 0.542. The molecule has 0 aliphatic rings. The molecule has 3 heteroatoms. The Kier molecular flexibility index (Phi) is 9.99. The second-order valence-electron chi connectivity index (χ2n) is 4.89. The summed E-state index contributed by atoms with van der Waals surface area (Å²) in [7, 11) is 0. The Labute approximate surface area is 100 Å². The molecule has 0 aromatic heterocycles. The molecular weight excluding hydrogens is 204 g/mol. The third-order valence-corrected chi connectivity index (χ3v) is 2.03. The molecule has 0 aromatic rings. The first kappa shape index (κ1) is 15.9. The Morgan fingerprint density at radius 1 is 0.750 bits per heavy atom. The predicted molar refractivity (Wildman–Crippen MR) is 66.9 cm³/mol. The van der Waals surface area contributed by atoms with E-state index in [9.17, 15) is 0 Å². The van der Waals surface area contributed by atoms with Crippen LogP contribution in [-0.2, 0) is 14.2 Å². The smallest absolute Gasteiger partial charge is 0.0707 e. The van der Waals surface area contributed by atoms with Crippen molar-refractivity contribution >= 4 is 0 Å². The van der Waals surface area contributed by atoms with Crippen molar-refractivity contribution in [3.63, 3.8) is 0 Å². The van der Waals surface area contributed by atoms with Gasteiger partial charge in [0, 0.05) is 6.61 Å². The van der Waals surface area contributed by atoms with Crippen LogP contribution in [0.3, 0.4) is 0 Å². The van der Waals surface area contributed by atoms with E-state index in [2.05, 4.69) is 6.92 Å². The molecule has 0 N–H and O–H groups in total. The van der Waals surface area contributed by atoms with Crippen LogP contribution in [0.2, 0.25) is 0 Å². The first-order valence-electron chi connectivity index (χ1n) is 6.35. The van der Waals surface area contributed by atoms with E-state index < -0.39 is 0 Å². The molecular formula is C13H28O3. The number of unbranched alkanes of at least 4 members (excludes halogenated alkanes) is 2. The Morgan fingerprint density at radius 2 is 1.31 bits per heavy atom. The Balaban J connectivity index is 2.99. The van der Waals surface area contributed by atoms with Crippen LogP contribution in [0.25, 0.3) is 0 Å². The third kappa shape index (κ3) is 13.9. The number of hydrogen-bond donors (Lipinski definition) is 0. The zero-order chi connectivity index (χ0) is 12.3. The minimum Gasteiger partial charge on any atom is -0.379 e. The molecule has 0 radical (unpaired) electrons. The molecule has 0 aliphatic heterocycles. The van der Waals surface area contributed by atoms with Crippen LogP contribution in [0.15, 0.2) is 0 Å². The summed E-state index contributed by atoms with van der Waals surface area (Å²) < 4.78 is 16.3. The first-order valence-corrected chi connectivity index (χ1v) is 6.35. The summed E-state index contributed by atoms with van der Waals surface area (Å²) >= 11 is 0. The maximum atomic E-state index is 5.52. The van der Waals surface area contributed by atoms with E-state index in [0.717, 1.165) is 13.0 Å². The van der Waals surface area contributed by atoms with Crippen molar-refractivity contribution in [1.82, 2.24) is 0 Å². The monoisotopic (exact) mass is 232 g/mol. The highest BCUT2D eigenvalue weighted by molar-refractivity contribution is 4.57. The fraction of sp³-hybridized carbons (Fsp3) is 1.00. The van der Waals surface area contributed by atoms with Crippen LogP contribution in [0, 0.1) is 0 Å². The van der Waals surface area contributed by atoms with Gasteiger partial charge in [-0.15, -0.1) is 0 Å². The second-order valence-corrected chi connectivity index (χ2v) is 4.89. The van der Waals surface area contributed by atoms with Crippen molar-refractivity contribution in [2.24, 2.45) is 0 Å². The van der Waals surface area contributed by atoms with Crippen molar-refractivity contribution in [2.75, 3.05) is 33.0 Å². The number of ether oxygens (including phenoxy) is 3. The summed E-state index contributed by atoms with van der Waals surface area (Å²) in [6.45, 7) is 11.8. The van der Waals surface area contributed by atoms with E-state index in [1.165, 1.54) is 12.8 Å². The summed E-state index contributed by atoms with van der Waals surface area (Å²) in [5.41, 5.74) is -0.0694. The van der Waals surface area contributed by atoms with Gasteiger partial charge in [-0.3, -0.25) is 0 Å². The lowest BCUT2D eigenvalue weighted by atomic mass is 10.2. The van der Waals surface area contributed by atoms with Crippen LogP contribution >= 0.6 is 0 Å². The van der Waals surface area contributed by atoms with Crippen molar-refractivity contribution in [3.8, 4) is 0 Å². The summed E-state index contributed by atoms with van der Waals surface area (Å²) in [4.78, 5) is 0. The largest absolute Gasteiger partial charge is 0.379 e. The van der Waals surface area contributed by atoms with Crippen molar-refractivity contribution < 1.29 is 14.2 Å². The number of rotatable bonds is 10. The zero-order valence-electron chi connectivity index (χ0n) is 11.4. The van der Waals surface area contributed by atoms with Crippen LogP contribution in [-0.4, -0.2) is 38.6 Å². The van der Waals surface area contributed by atoms with Crippen LogP contribution in [0.4, 0.5) is 0 Å². The fourth-order valence-electron chi connectivity index (χ4n) is 1.18. The maximum absolute atomic E-state index is 5.52. The highest BCUT2D eigenvalue weighted by Gasteiger charge is 2.08. The minimum atomic E-state index is -0.0694. The molecule has 0 amide bonds. The number of hydrogen-bond acceptors (Lipinski definition) is 3. The van der Waals surface area contributed by atoms with Gasteiger partial charge in [0.05, 0.1) is 32.0 Å². The van der Waals surface area contributed by atoms with E-state index in [-0.39, 0.29) is 5.60 Å². The van der Waals surface area contributed by atoms with Crippen molar-refractivity contribution in [1.29, 1.82) is 0 Å². The van der Waals surface area contributed by atoms with Gasteiger partial charge in [0.25, 0.3) is 0 Å². The van der Waals surface area contributed by atoms with E-state index in [0.29, 0.717) is 26.4 Å². The molecule has 98 valence electrons. The molecule has 0 aromatic carbocycles. The highest BCUT2D eigenvalue weighted by Crippen LogP contribution is 2.05. The van der Waals surface area contributed by atoms with Gasteiger partial charge in [0.2, 0.25) is 0 Å². The Morgan fingerprint density at radius 3 is 1.88 bits per heavy atom. The minimum absolute atomic E-state index is 0.0694. The van der Waals surface area contributed by atoms with Gasteiger partial charge in [0.15, 0.2) is 0 Å². The average Bonchev–Trinajstić information content (AvgIpc) is 2.19. The molecule has 0 unspecified atom stereocenters. The molecule has 0 spiro atoms. The fourth-order valence-corrected chi connectivity index (χ4v) is 1.18. The SMILES string of the molecule is CCCCCOCCOCCOC(C)(C)C. The lowest BCUT2D eigenvalue weighted by molar-refractivity contribution is -0.0425. The van der Waals surface area contributed by atoms with Crippen LogP contribution in [0.1, 0.15) is 47.0 Å². The summed E-state index contributed by atoms with van der Waals surface area (Å²) in [5, 5.41) is 0. The van der Waals surface area contributed by atoms with E-state index in [1.54, 1.807) is 0 Å². The van der Waals surface area contributed by atoms with E-state index in [1.807, 2.05) is 20.8 Å². The zero-order valence-corrected chi connectivity index (χ0v) is 11.4. The Hall–Kier alpha value is -0.120. The summed E-state index contributed by atoms with van der Waals surface area (Å²) in [6, 6.07) is 0.